The minimum atomic E-state index is 0.217. The van der Waals surface area contributed by atoms with Crippen molar-refractivity contribution in [1.29, 1.82) is 0 Å². The van der Waals surface area contributed by atoms with Gasteiger partial charge < -0.3 is 4.74 Å². The first-order valence-corrected chi connectivity index (χ1v) is 7.79. The van der Waals surface area contributed by atoms with Gasteiger partial charge in [0.1, 0.15) is 5.75 Å². The molecule has 90 valence electrons. The number of hydrogen-bond donors (Lipinski definition) is 0. The molecule has 0 aliphatic carbocycles. The molecule has 0 N–H and O–H groups in total. The molecule has 1 aromatic carbocycles. The van der Waals surface area contributed by atoms with E-state index in [0.29, 0.717) is 0 Å². The average molecular weight is 376 g/mol. The number of halogens is 2. The molecule has 1 aromatic heterocycles. The maximum atomic E-state index is 5.20. The Hall–Kier alpha value is -0.320. The van der Waals surface area contributed by atoms with E-state index in [2.05, 4.69) is 55.6 Å². The van der Waals surface area contributed by atoms with E-state index in [-0.39, 0.29) is 4.83 Å². The summed E-state index contributed by atoms with van der Waals surface area (Å²) in [4.78, 5) is 0.217. The maximum absolute atomic E-state index is 5.20. The molecular weight excluding hydrogens is 364 g/mol. The van der Waals surface area contributed by atoms with Crippen molar-refractivity contribution < 1.29 is 4.74 Å². The number of thiophene rings is 1. The van der Waals surface area contributed by atoms with Crippen LogP contribution >= 0.6 is 43.2 Å². The van der Waals surface area contributed by atoms with Crippen LogP contribution in [-0.4, -0.2) is 7.11 Å². The lowest BCUT2D eigenvalue weighted by atomic mass is 10.0. The predicted octanol–water partition coefficient (Wildman–Crippen LogP) is 5.31. The summed E-state index contributed by atoms with van der Waals surface area (Å²) in [6.45, 7) is 2.14. The lowest BCUT2D eigenvalue weighted by Crippen LogP contribution is -1.95. The zero-order valence-corrected chi connectivity index (χ0v) is 13.5. The van der Waals surface area contributed by atoms with Gasteiger partial charge in [-0.1, -0.05) is 37.9 Å². The zero-order chi connectivity index (χ0) is 12.4. The van der Waals surface area contributed by atoms with Crippen LogP contribution in [0.1, 0.15) is 21.5 Å². The molecule has 0 aliphatic heterocycles. The highest BCUT2D eigenvalue weighted by atomic mass is 79.9. The summed E-state index contributed by atoms with van der Waals surface area (Å²) in [7, 11) is 1.68. The van der Waals surface area contributed by atoms with Crippen LogP contribution in [-0.2, 0) is 0 Å². The maximum Gasteiger partial charge on any atom is 0.120 e. The minimum Gasteiger partial charge on any atom is -0.497 e. The summed E-state index contributed by atoms with van der Waals surface area (Å²) in [6, 6.07) is 6.06. The van der Waals surface area contributed by atoms with Gasteiger partial charge in [0.05, 0.1) is 11.9 Å². The first kappa shape index (κ1) is 13.1. The number of methoxy groups -OCH3 is 1. The number of hydrogen-bond acceptors (Lipinski definition) is 2. The van der Waals surface area contributed by atoms with Crippen molar-refractivity contribution in [2.75, 3.05) is 7.11 Å². The van der Waals surface area contributed by atoms with Crippen molar-refractivity contribution in [3.63, 3.8) is 0 Å². The molecule has 2 rings (SSSR count). The van der Waals surface area contributed by atoms with Crippen LogP contribution in [0.4, 0.5) is 0 Å². The Labute approximate surface area is 122 Å². The second-order valence-corrected chi connectivity index (χ2v) is 6.27. The average Bonchev–Trinajstić information content (AvgIpc) is 2.74. The largest absolute Gasteiger partial charge is 0.497 e. The third-order valence-corrected chi connectivity index (χ3v) is 5.20. The van der Waals surface area contributed by atoms with Gasteiger partial charge in [0, 0.05) is 4.47 Å². The van der Waals surface area contributed by atoms with Crippen molar-refractivity contribution in [2.24, 2.45) is 0 Å². The SMILES string of the molecule is COc1ccc(C(Br)c2cscc2C)c(Br)c1. The van der Waals surface area contributed by atoms with Gasteiger partial charge in [-0.25, -0.2) is 0 Å². The Kier molecular flexibility index (Phi) is 4.28. The molecule has 0 amide bonds. The summed E-state index contributed by atoms with van der Waals surface area (Å²) in [5.74, 6) is 0.863. The number of benzene rings is 1. The first-order valence-electron chi connectivity index (χ1n) is 5.13. The molecule has 17 heavy (non-hydrogen) atoms. The first-order chi connectivity index (χ1) is 8.13. The van der Waals surface area contributed by atoms with E-state index < -0.39 is 0 Å². The minimum absolute atomic E-state index is 0.217. The molecule has 0 fully saturated rings. The molecule has 1 nitrogen and oxygen atoms in total. The Balaban J connectivity index is 2.38. The van der Waals surface area contributed by atoms with Crippen LogP contribution in [0.5, 0.6) is 5.75 Å². The number of ether oxygens (including phenoxy) is 1. The highest BCUT2D eigenvalue weighted by Gasteiger charge is 2.16. The molecule has 4 heteroatoms. The molecule has 0 spiro atoms. The van der Waals surface area contributed by atoms with Gasteiger partial charge in [-0.05, 0) is 46.5 Å². The van der Waals surface area contributed by atoms with E-state index in [4.69, 9.17) is 4.74 Å². The van der Waals surface area contributed by atoms with Crippen LogP contribution in [0.15, 0.2) is 33.4 Å². The van der Waals surface area contributed by atoms with Gasteiger partial charge in [0.2, 0.25) is 0 Å². The molecular formula is C13H12Br2OS. The monoisotopic (exact) mass is 374 g/mol. The predicted molar refractivity (Wildman–Crippen MR) is 80.5 cm³/mol. The van der Waals surface area contributed by atoms with Crippen molar-refractivity contribution in [3.05, 3.63) is 50.1 Å². The van der Waals surface area contributed by atoms with Gasteiger partial charge in [-0.3, -0.25) is 0 Å². The Morgan fingerprint density at radius 1 is 1.24 bits per heavy atom. The molecule has 1 unspecified atom stereocenters. The van der Waals surface area contributed by atoms with Crippen LogP contribution in [0.2, 0.25) is 0 Å². The van der Waals surface area contributed by atoms with Gasteiger partial charge in [-0.2, -0.15) is 11.3 Å². The Morgan fingerprint density at radius 3 is 2.53 bits per heavy atom. The topological polar surface area (TPSA) is 9.23 Å². The molecule has 1 atom stereocenters. The number of aryl methyl sites for hydroxylation is 1. The van der Waals surface area contributed by atoms with Gasteiger partial charge in [0.25, 0.3) is 0 Å². The van der Waals surface area contributed by atoms with Crippen molar-refractivity contribution in [3.8, 4) is 5.75 Å². The summed E-state index contributed by atoms with van der Waals surface area (Å²) in [6.07, 6.45) is 0. The molecule has 0 aliphatic rings. The van der Waals surface area contributed by atoms with Crippen LogP contribution in [0.25, 0.3) is 0 Å². The third kappa shape index (κ3) is 2.75. The van der Waals surface area contributed by atoms with Crippen molar-refractivity contribution >= 4 is 43.2 Å². The van der Waals surface area contributed by atoms with Gasteiger partial charge in [-0.15, -0.1) is 0 Å². The number of rotatable bonds is 3. The van der Waals surface area contributed by atoms with E-state index in [0.717, 1.165) is 10.2 Å². The summed E-state index contributed by atoms with van der Waals surface area (Å²) < 4.78 is 6.26. The fraction of sp³-hybridized carbons (Fsp3) is 0.231. The molecule has 1 heterocycles. The normalized spacial score (nSPS) is 12.5. The quantitative estimate of drug-likeness (QED) is 0.660. The summed E-state index contributed by atoms with van der Waals surface area (Å²) >= 11 is 9.08. The van der Waals surface area contributed by atoms with Gasteiger partial charge in [0.15, 0.2) is 0 Å². The number of alkyl halides is 1. The van der Waals surface area contributed by atoms with E-state index in [1.165, 1.54) is 16.7 Å². The van der Waals surface area contributed by atoms with Crippen LogP contribution in [0, 0.1) is 6.92 Å². The molecule has 0 radical (unpaired) electrons. The van der Waals surface area contributed by atoms with Gasteiger partial charge >= 0.3 is 0 Å². The lowest BCUT2D eigenvalue weighted by molar-refractivity contribution is 0.414. The van der Waals surface area contributed by atoms with Crippen molar-refractivity contribution in [1.82, 2.24) is 0 Å². The second kappa shape index (κ2) is 5.55. The third-order valence-electron chi connectivity index (χ3n) is 2.65. The Bertz CT molecular complexity index is 522. The summed E-state index contributed by atoms with van der Waals surface area (Å²) in [5.41, 5.74) is 3.85. The van der Waals surface area contributed by atoms with E-state index >= 15 is 0 Å². The smallest absolute Gasteiger partial charge is 0.120 e. The highest BCUT2D eigenvalue weighted by Crippen LogP contribution is 2.39. The molecule has 0 bridgehead atoms. The van der Waals surface area contributed by atoms with Crippen molar-refractivity contribution in [2.45, 2.75) is 11.8 Å². The second-order valence-electron chi connectivity index (χ2n) is 3.76. The standard InChI is InChI=1S/C13H12Br2OS/c1-8-6-17-7-11(8)13(15)10-4-3-9(16-2)5-12(10)14/h3-7,13H,1-2H3. The zero-order valence-electron chi connectivity index (χ0n) is 9.54. The lowest BCUT2D eigenvalue weighted by Gasteiger charge is -2.13. The molecule has 0 saturated heterocycles. The van der Waals surface area contributed by atoms with Crippen LogP contribution < -0.4 is 4.74 Å². The fourth-order valence-corrected chi connectivity index (χ4v) is 4.48. The van der Waals surface area contributed by atoms with E-state index in [9.17, 15) is 0 Å². The summed E-state index contributed by atoms with van der Waals surface area (Å²) in [5, 5.41) is 4.35. The van der Waals surface area contributed by atoms with E-state index in [1.807, 2.05) is 12.1 Å². The van der Waals surface area contributed by atoms with Crippen LogP contribution in [0.3, 0.4) is 0 Å². The fourth-order valence-electron chi connectivity index (χ4n) is 1.64. The molecule has 0 saturated carbocycles. The van der Waals surface area contributed by atoms with E-state index in [1.54, 1.807) is 18.4 Å². The Morgan fingerprint density at radius 2 is 2.00 bits per heavy atom. The molecule has 2 aromatic rings. The highest BCUT2D eigenvalue weighted by molar-refractivity contribution is 9.11.